The fraction of sp³-hybridized carbons (Fsp3) is 0.652. The molecule has 6 nitrogen and oxygen atoms in total. The van der Waals surface area contributed by atoms with E-state index in [1.807, 2.05) is 30.3 Å². The van der Waals surface area contributed by atoms with Crippen LogP contribution in [0, 0.1) is 0 Å². The van der Waals surface area contributed by atoms with E-state index in [4.69, 9.17) is 0 Å². The lowest BCUT2D eigenvalue weighted by Gasteiger charge is -2.20. The highest BCUT2D eigenvalue weighted by Crippen LogP contribution is 2.16. The summed E-state index contributed by atoms with van der Waals surface area (Å²) in [5.74, 6) is -1.26. The minimum atomic E-state index is -0.807. The average Bonchev–Trinajstić information content (AvgIpc) is 2.75. The van der Waals surface area contributed by atoms with Gasteiger partial charge in [-0.3, -0.25) is 9.59 Å². The summed E-state index contributed by atoms with van der Waals surface area (Å²) in [6, 6.07) is 9.31. The normalized spacial score (nSPS) is 11.3. The maximum Gasteiger partial charge on any atom is 0.237 e. The van der Waals surface area contributed by atoms with Crippen LogP contribution in [0.1, 0.15) is 52.0 Å². The second kappa shape index (κ2) is 15.0. The highest BCUT2D eigenvalue weighted by atomic mass is 16.2. The molecule has 0 saturated carbocycles. The Morgan fingerprint density at radius 2 is 1.17 bits per heavy atom. The molecule has 0 aliphatic rings. The van der Waals surface area contributed by atoms with Gasteiger partial charge in [0.1, 0.15) is 5.92 Å². The third-order valence-corrected chi connectivity index (χ3v) is 5.35. The van der Waals surface area contributed by atoms with E-state index in [2.05, 4.69) is 48.1 Å². The fourth-order valence-corrected chi connectivity index (χ4v) is 3.38. The maximum atomic E-state index is 12.8. The standard InChI is InChI=1S/C23H40N4O2/c1-5-26(6-2)18-12-16-24-22(28)21(20-14-10-9-11-15-20)23(29)25-17-13-19-27(7-3)8-4/h9-11,14-15,21H,5-8,12-13,16-19H2,1-4H3,(H,24,28)(H,25,29). The van der Waals surface area contributed by atoms with Gasteiger partial charge >= 0.3 is 0 Å². The molecule has 29 heavy (non-hydrogen) atoms. The summed E-state index contributed by atoms with van der Waals surface area (Å²) in [5.41, 5.74) is 0.731. The molecule has 0 bridgehead atoms. The van der Waals surface area contributed by atoms with E-state index in [1.54, 1.807) is 0 Å². The molecule has 6 heteroatoms. The van der Waals surface area contributed by atoms with Crippen LogP contribution in [-0.4, -0.2) is 74.0 Å². The van der Waals surface area contributed by atoms with Crippen molar-refractivity contribution >= 4 is 11.8 Å². The lowest BCUT2D eigenvalue weighted by molar-refractivity contribution is -0.131. The van der Waals surface area contributed by atoms with Crippen molar-refractivity contribution in [3.05, 3.63) is 35.9 Å². The van der Waals surface area contributed by atoms with Crippen LogP contribution >= 0.6 is 0 Å². The molecule has 0 spiro atoms. The van der Waals surface area contributed by atoms with Crippen LogP contribution < -0.4 is 10.6 Å². The molecule has 1 aromatic rings. The second-order valence-electron chi connectivity index (χ2n) is 7.19. The van der Waals surface area contributed by atoms with Gasteiger partial charge in [-0.2, -0.15) is 0 Å². The Labute approximate surface area is 177 Å². The van der Waals surface area contributed by atoms with Crippen molar-refractivity contribution in [3.8, 4) is 0 Å². The number of carbonyl (C=O) groups excluding carboxylic acids is 2. The van der Waals surface area contributed by atoms with Gasteiger partial charge in [0.2, 0.25) is 11.8 Å². The Balaban J connectivity index is 2.59. The number of carbonyl (C=O) groups is 2. The molecular formula is C23H40N4O2. The van der Waals surface area contributed by atoms with E-state index < -0.39 is 5.92 Å². The summed E-state index contributed by atoms with van der Waals surface area (Å²) < 4.78 is 0. The minimum absolute atomic E-state index is 0.225. The minimum Gasteiger partial charge on any atom is -0.355 e. The molecule has 2 N–H and O–H groups in total. The van der Waals surface area contributed by atoms with Crippen molar-refractivity contribution in [2.75, 3.05) is 52.4 Å². The number of hydrogen-bond acceptors (Lipinski definition) is 4. The van der Waals surface area contributed by atoms with E-state index in [9.17, 15) is 9.59 Å². The predicted octanol–water partition coefficient (Wildman–Crippen LogP) is 2.47. The molecular weight excluding hydrogens is 364 g/mol. The zero-order valence-electron chi connectivity index (χ0n) is 18.7. The third kappa shape index (κ3) is 9.41. The van der Waals surface area contributed by atoms with Crippen molar-refractivity contribution < 1.29 is 9.59 Å². The highest BCUT2D eigenvalue weighted by molar-refractivity contribution is 6.05. The first-order chi connectivity index (χ1) is 14.1. The van der Waals surface area contributed by atoms with Gasteiger partial charge in [0.05, 0.1) is 0 Å². The van der Waals surface area contributed by atoms with Crippen LogP contribution in [-0.2, 0) is 9.59 Å². The van der Waals surface area contributed by atoms with Crippen LogP contribution in [0.2, 0.25) is 0 Å². The fourth-order valence-electron chi connectivity index (χ4n) is 3.38. The smallest absolute Gasteiger partial charge is 0.237 e. The van der Waals surface area contributed by atoms with Crippen molar-refractivity contribution in [2.24, 2.45) is 0 Å². The van der Waals surface area contributed by atoms with Gasteiger partial charge in [0, 0.05) is 13.1 Å². The van der Waals surface area contributed by atoms with Crippen LogP contribution in [0.5, 0.6) is 0 Å². The largest absolute Gasteiger partial charge is 0.355 e. The van der Waals surface area contributed by atoms with E-state index in [-0.39, 0.29) is 11.8 Å². The van der Waals surface area contributed by atoms with Crippen molar-refractivity contribution in [1.82, 2.24) is 20.4 Å². The Morgan fingerprint density at radius 1 is 0.759 bits per heavy atom. The molecule has 0 fully saturated rings. The highest BCUT2D eigenvalue weighted by Gasteiger charge is 2.27. The quantitative estimate of drug-likeness (QED) is 0.348. The summed E-state index contributed by atoms with van der Waals surface area (Å²) in [5, 5.41) is 5.92. The van der Waals surface area contributed by atoms with E-state index in [0.29, 0.717) is 13.1 Å². The number of nitrogens with zero attached hydrogens (tertiary/aromatic N) is 2. The van der Waals surface area contributed by atoms with Crippen LogP contribution in [0.15, 0.2) is 30.3 Å². The summed E-state index contributed by atoms with van der Waals surface area (Å²) in [4.78, 5) is 30.3. The van der Waals surface area contributed by atoms with Crippen molar-refractivity contribution in [1.29, 1.82) is 0 Å². The number of benzene rings is 1. The van der Waals surface area contributed by atoms with Crippen LogP contribution in [0.4, 0.5) is 0 Å². The topological polar surface area (TPSA) is 64.7 Å². The van der Waals surface area contributed by atoms with Gasteiger partial charge in [0.25, 0.3) is 0 Å². The first-order valence-corrected chi connectivity index (χ1v) is 11.1. The molecule has 1 aromatic carbocycles. The van der Waals surface area contributed by atoms with Gasteiger partial charge in [-0.15, -0.1) is 0 Å². The van der Waals surface area contributed by atoms with Crippen LogP contribution in [0.3, 0.4) is 0 Å². The molecule has 0 aromatic heterocycles. The zero-order valence-corrected chi connectivity index (χ0v) is 18.7. The molecule has 0 radical (unpaired) electrons. The number of nitrogens with one attached hydrogen (secondary N) is 2. The Kier molecular flexibility index (Phi) is 13.0. The summed E-state index contributed by atoms with van der Waals surface area (Å²) >= 11 is 0. The molecule has 0 atom stereocenters. The summed E-state index contributed by atoms with van der Waals surface area (Å²) in [7, 11) is 0. The first-order valence-electron chi connectivity index (χ1n) is 11.1. The predicted molar refractivity (Wildman–Crippen MR) is 120 cm³/mol. The lowest BCUT2D eigenvalue weighted by atomic mass is 9.97. The second-order valence-corrected chi connectivity index (χ2v) is 7.19. The van der Waals surface area contributed by atoms with Crippen molar-refractivity contribution in [3.63, 3.8) is 0 Å². The molecule has 0 aliphatic heterocycles. The SMILES string of the molecule is CCN(CC)CCCNC(=O)C(C(=O)NCCCN(CC)CC)c1ccccc1. The molecule has 0 heterocycles. The number of amides is 2. The first kappa shape index (κ1) is 25.1. The van der Waals surface area contributed by atoms with Gasteiger partial charge in [-0.05, 0) is 57.7 Å². The maximum absolute atomic E-state index is 12.8. The van der Waals surface area contributed by atoms with Crippen LogP contribution in [0.25, 0.3) is 0 Å². The van der Waals surface area contributed by atoms with Gasteiger partial charge in [0.15, 0.2) is 0 Å². The monoisotopic (exact) mass is 404 g/mol. The molecule has 0 aliphatic carbocycles. The van der Waals surface area contributed by atoms with Gasteiger partial charge in [-0.25, -0.2) is 0 Å². The molecule has 2 amide bonds. The summed E-state index contributed by atoms with van der Waals surface area (Å²) in [6.07, 6.45) is 1.75. The molecule has 0 saturated heterocycles. The third-order valence-electron chi connectivity index (χ3n) is 5.35. The van der Waals surface area contributed by atoms with E-state index >= 15 is 0 Å². The van der Waals surface area contributed by atoms with Gasteiger partial charge in [-0.1, -0.05) is 58.0 Å². The average molecular weight is 405 g/mol. The van der Waals surface area contributed by atoms with E-state index in [1.165, 1.54) is 0 Å². The Hall–Kier alpha value is -1.92. The molecule has 0 unspecified atom stereocenters. The number of hydrogen-bond donors (Lipinski definition) is 2. The molecule has 164 valence electrons. The van der Waals surface area contributed by atoms with Crippen molar-refractivity contribution in [2.45, 2.75) is 46.5 Å². The lowest BCUT2D eigenvalue weighted by Crippen LogP contribution is -2.41. The number of rotatable bonds is 15. The Bertz CT molecular complexity index is 540. The molecule has 1 rings (SSSR count). The van der Waals surface area contributed by atoms with E-state index in [0.717, 1.165) is 57.7 Å². The summed E-state index contributed by atoms with van der Waals surface area (Å²) in [6.45, 7) is 15.6. The zero-order chi connectivity index (χ0) is 21.5. The van der Waals surface area contributed by atoms with Gasteiger partial charge < -0.3 is 20.4 Å². The Morgan fingerprint density at radius 3 is 1.55 bits per heavy atom.